The van der Waals surface area contributed by atoms with Gasteiger partial charge in [0.25, 0.3) is 5.91 Å². The fraction of sp³-hybridized carbons (Fsp3) is 0.364. The second-order valence-electron chi connectivity index (χ2n) is 7.63. The summed E-state index contributed by atoms with van der Waals surface area (Å²) in [6.45, 7) is 5.42. The number of carbonyl (C=O) groups is 2. The van der Waals surface area contributed by atoms with Gasteiger partial charge in [0.1, 0.15) is 0 Å². The zero-order valence-corrected chi connectivity index (χ0v) is 18.1. The van der Waals surface area contributed by atoms with Gasteiger partial charge in [-0.1, -0.05) is 24.3 Å². The molecule has 1 amide bonds. The second kappa shape index (κ2) is 8.97. The lowest BCUT2D eigenvalue weighted by atomic mass is 10.0. The highest BCUT2D eigenvalue weighted by Gasteiger charge is 2.28. The standard InChI is InChI=1S/C22H26N2O5S/c1-14-7-8-17(11-15(14)2)16(3)23-21(25)13-29-22(26)18-5-4-6-20(12-18)30(27,28)24-19-9-10-19/h4-8,11-12,16,19,24H,9-10,13H2,1-3H3,(H,23,25). The monoisotopic (exact) mass is 430 g/mol. The molecule has 0 saturated heterocycles. The van der Waals surface area contributed by atoms with E-state index in [-0.39, 0.29) is 22.5 Å². The Morgan fingerprint density at radius 1 is 1.10 bits per heavy atom. The summed E-state index contributed by atoms with van der Waals surface area (Å²) in [6, 6.07) is 11.3. The Morgan fingerprint density at radius 3 is 2.50 bits per heavy atom. The molecule has 0 spiro atoms. The van der Waals surface area contributed by atoms with Crippen LogP contribution in [0.15, 0.2) is 47.4 Å². The molecule has 0 heterocycles. The molecule has 2 aromatic rings. The summed E-state index contributed by atoms with van der Waals surface area (Å²) in [5.41, 5.74) is 3.33. The van der Waals surface area contributed by atoms with Gasteiger partial charge in [-0.05, 0) is 68.5 Å². The smallest absolute Gasteiger partial charge is 0.338 e. The molecule has 0 bridgehead atoms. The molecule has 1 aliphatic rings. The zero-order chi connectivity index (χ0) is 21.9. The lowest BCUT2D eigenvalue weighted by molar-refractivity contribution is -0.124. The first-order valence-electron chi connectivity index (χ1n) is 9.82. The molecule has 3 rings (SSSR count). The fourth-order valence-electron chi connectivity index (χ4n) is 2.89. The maximum absolute atomic E-state index is 12.3. The summed E-state index contributed by atoms with van der Waals surface area (Å²) in [4.78, 5) is 24.5. The molecule has 1 atom stereocenters. The lowest BCUT2D eigenvalue weighted by Crippen LogP contribution is -2.31. The number of ether oxygens (including phenoxy) is 1. The van der Waals surface area contributed by atoms with Gasteiger partial charge in [0, 0.05) is 6.04 Å². The molecule has 8 heteroatoms. The first-order valence-corrected chi connectivity index (χ1v) is 11.3. The number of carbonyl (C=O) groups excluding carboxylic acids is 2. The number of benzene rings is 2. The largest absolute Gasteiger partial charge is 0.452 e. The third-order valence-electron chi connectivity index (χ3n) is 5.02. The van der Waals surface area contributed by atoms with Gasteiger partial charge < -0.3 is 10.1 Å². The highest BCUT2D eigenvalue weighted by atomic mass is 32.2. The topological polar surface area (TPSA) is 102 Å². The van der Waals surface area contributed by atoms with E-state index < -0.39 is 28.5 Å². The van der Waals surface area contributed by atoms with Crippen molar-refractivity contribution in [2.75, 3.05) is 6.61 Å². The van der Waals surface area contributed by atoms with E-state index in [0.717, 1.165) is 24.0 Å². The molecule has 7 nitrogen and oxygen atoms in total. The van der Waals surface area contributed by atoms with Crippen molar-refractivity contribution in [1.82, 2.24) is 10.0 Å². The van der Waals surface area contributed by atoms with Crippen LogP contribution in [0.2, 0.25) is 0 Å². The summed E-state index contributed by atoms with van der Waals surface area (Å²) in [6.07, 6.45) is 1.63. The third kappa shape index (κ3) is 5.67. The minimum Gasteiger partial charge on any atom is -0.452 e. The molecule has 1 unspecified atom stereocenters. The summed E-state index contributed by atoms with van der Waals surface area (Å²) in [7, 11) is -3.67. The summed E-state index contributed by atoms with van der Waals surface area (Å²) < 4.78 is 32.2. The number of hydrogen-bond acceptors (Lipinski definition) is 5. The molecule has 30 heavy (non-hydrogen) atoms. The van der Waals surface area contributed by atoms with Crippen LogP contribution in [0.5, 0.6) is 0 Å². The van der Waals surface area contributed by atoms with Gasteiger partial charge in [-0.3, -0.25) is 4.79 Å². The van der Waals surface area contributed by atoms with E-state index in [1.807, 2.05) is 39.0 Å². The van der Waals surface area contributed by atoms with Crippen molar-refractivity contribution in [3.05, 3.63) is 64.7 Å². The summed E-state index contributed by atoms with van der Waals surface area (Å²) >= 11 is 0. The van der Waals surface area contributed by atoms with Gasteiger partial charge in [-0.25, -0.2) is 17.9 Å². The highest BCUT2D eigenvalue weighted by Crippen LogP contribution is 2.22. The third-order valence-corrected chi connectivity index (χ3v) is 6.54. The predicted octanol–water partition coefficient (Wildman–Crippen LogP) is 2.78. The molecule has 1 saturated carbocycles. The van der Waals surface area contributed by atoms with E-state index in [0.29, 0.717) is 0 Å². The highest BCUT2D eigenvalue weighted by molar-refractivity contribution is 7.89. The van der Waals surface area contributed by atoms with E-state index in [1.54, 1.807) is 0 Å². The van der Waals surface area contributed by atoms with Gasteiger partial charge in [-0.15, -0.1) is 0 Å². The van der Waals surface area contributed by atoms with Crippen LogP contribution < -0.4 is 10.0 Å². The lowest BCUT2D eigenvalue weighted by Gasteiger charge is -2.16. The van der Waals surface area contributed by atoms with Crippen LogP contribution in [0.3, 0.4) is 0 Å². The summed E-state index contributed by atoms with van der Waals surface area (Å²) in [5.74, 6) is -1.19. The zero-order valence-electron chi connectivity index (χ0n) is 17.3. The molecule has 1 fully saturated rings. The quantitative estimate of drug-likeness (QED) is 0.627. The van der Waals surface area contributed by atoms with Crippen molar-refractivity contribution in [2.45, 2.75) is 50.6 Å². The average molecular weight is 431 g/mol. The molecule has 2 N–H and O–H groups in total. The Bertz CT molecular complexity index is 1060. The maximum atomic E-state index is 12.3. The molecule has 160 valence electrons. The van der Waals surface area contributed by atoms with Gasteiger partial charge >= 0.3 is 5.97 Å². The van der Waals surface area contributed by atoms with Crippen LogP contribution in [-0.4, -0.2) is 32.9 Å². The van der Waals surface area contributed by atoms with Gasteiger partial charge in [0.15, 0.2) is 6.61 Å². The van der Waals surface area contributed by atoms with Crippen LogP contribution in [-0.2, 0) is 19.6 Å². The predicted molar refractivity (Wildman–Crippen MR) is 113 cm³/mol. The van der Waals surface area contributed by atoms with E-state index in [4.69, 9.17) is 4.74 Å². The molecule has 0 radical (unpaired) electrons. The van der Waals surface area contributed by atoms with Crippen LogP contribution in [0.25, 0.3) is 0 Å². The van der Waals surface area contributed by atoms with E-state index in [1.165, 1.54) is 29.8 Å². The van der Waals surface area contributed by atoms with Gasteiger partial charge in [0.05, 0.1) is 16.5 Å². The fourth-order valence-corrected chi connectivity index (χ4v) is 4.24. The van der Waals surface area contributed by atoms with Crippen molar-refractivity contribution >= 4 is 21.9 Å². The Labute approximate surface area is 176 Å². The Kier molecular flexibility index (Phi) is 6.58. The molecule has 0 aliphatic heterocycles. The van der Waals surface area contributed by atoms with E-state index in [2.05, 4.69) is 10.0 Å². The normalized spacial score (nSPS) is 14.8. The van der Waals surface area contributed by atoms with Crippen molar-refractivity contribution in [3.63, 3.8) is 0 Å². The van der Waals surface area contributed by atoms with Crippen LogP contribution in [0.4, 0.5) is 0 Å². The van der Waals surface area contributed by atoms with Gasteiger partial charge in [-0.2, -0.15) is 0 Å². The number of nitrogens with one attached hydrogen (secondary N) is 2. The van der Waals surface area contributed by atoms with Crippen molar-refractivity contribution in [3.8, 4) is 0 Å². The Hall–Kier alpha value is -2.71. The van der Waals surface area contributed by atoms with E-state index in [9.17, 15) is 18.0 Å². The van der Waals surface area contributed by atoms with Crippen molar-refractivity contribution in [2.24, 2.45) is 0 Å². The molecule has 1 aliphatic carbocycles. The molecule has 0 aromatic heterocycles. The molecule has 2 aromatic carbocycles. The Balaban J connectivity index is 1.56. The second-order valence-corrected chi connectivity index (χ2v) is 9.35. The number of amides is 1. The maximum Gasteiger partial charge on any atom is 0.338 e. The molecular formula is C22H26N2O5S. The minimum atomic E-state index is -3.67. The average Bonchev–Trinajstić information content (AvgIpc) is 3.51. The first kappa shape index (κ1) is 22.0. The number of aryl methyl sites for hydroxylation is 2. The van der Waals surface area contributed by atoms with E-state index >= 15 is 0 Å². The van der Waals surface area contributed by atoms with Crippen molar-refractivity contribution in [1.29, 1.82) is 0 Å². The summed E-state index contributed by atoms with van der Waals surface area (Å²) in [5, 5.41) is 2.79. The molecular weight excluding hydrogens is 404 g/mol. The van der Waals surface area contributed by atoms with Crippen LogP contribution in [0, 0.1) is 13.8 Å². The van der Waals surface area contributed by atoms with Crippen molar-refractivity contribution < 1.29 is 22.7 Å². The number of rotatable bonds is 8. The number of esters is 1. The first-order chi connectivity index (χ1) is 14.2. The number of hydrogen-bond donors (Lipinski definition) is 2. The minimum absolute atomic E-state index is 0.00309. The van der Waals surface area contributed by atoms with Crippen LogP contribution >= 0.6 is 0 Å². The van der Waals surface area contributed by atoms with Crippen LogP contribution in [0.1, 0.15) is 52.9 Å². The van der Waals surface area contributed by atoms with Gasteiger partial charge in [0.2, 0.25) is 10.0 Å². The SMILES string of the molecule is Cc1ccc(C(C)NC(=O)COC(=O)c2cccc(S(=O)(=O)NC3CC3)c2)cc1C. The number of sulfonamides is 1. The Morgan fingerprint density at radius 2 is 1.83 bits per heavy atom.